The van der Waals surface area contributed by atoms with Crippen LogP contribution in [-0.4, -0.2) is 29.8 Å². The molecule has 0 aromatic heterocycles. The number of alkyl halides is 2. The Hall–Kier alpha value is -0.670. The summed E-state index contributed by atoms with van der Waals surface area (Å²) in [5, 5.41) is 0. The van der Waals surface area contributed by atoms with Gasteiger partial charge in [-0.1, -0.05) is 27.7 Å². The van der Waals surface area contributed by atoms with Crippen molar-refractivity contribution in [2.24, 2.45) is 0 Å². The van der Waals surface area contributed by atoms with Crippen LogP contribution in [0.4, 0.5) is 8.78 Å². The number of hydrogen-bond acceptors (Lipinski definition) is 1. The van der Waals surface area contributed by atoms with E-state index in [0.29, 0.717) is 0 Å². The molecule has 80 valence electrons. The molecule has 1 fully saturated rings. The highest BCUT2D eigenvalue weighted by atomic mass is 19.3. The largest absolute Gasteiger partial charge is 0.331 e. The van der Waals surface area contributed by atoms with Crippen molar-refractivity contribution in [2.75, 3.05) is 13.1 Å². The van der Waals surface area contributed by atoms with E-state index in [4.69, 9.17) is 0 Å². The van der Waals surface area contributed by atoms with E-state index in [2.05, 4.69) is 0 Å². The zero-order chi connectivity index (χ0) is 11.1. The summed E-state index contributed by atoms with van der Waals surface area (Å²) < 4.78 is 23.9. The third kappa shape index (κ3) is 5.55. The monoisotopic (exact) mass is 195 g/mol. The average molecular weight is 195 g/mol. The van der Waals surface area contributed by atoms with Gasteiger partial charge in [0.15, 0.2) is 0 Å². The molecule has 0 radical (unpaired) electrons. The Labute approximate surface area is 78.9 Å². The molecule has 0 aliphatic carbocycles. The molecule has 13 heavy (non-hydrogen) atoms. The fourth-order valence-corrected chi connectivity index (χ4v) is 0.735. The Morgan fingerprint density at radius 3 is 1.54 bits per heavy atom. The summed E-state index contributed by atoms with van der Waals surface area (Å²) in [6.07, 6.45) is 0. The summed E-state index contributed by atoms with van der Waals surface area (Å²) in [5.41, 5.74) is 0. The van der Waals surface area contributed by atoms with Crippen LogP contribution in [0, 0.1) is 0 Å². The second kappa shape index (κ2) is 6.80. The van der Waals surface area contributed by atoms with Gasteiger partial charge in [0.1, 0.15) is 0 Å². The molecule has 0 atom stereocenters. The van der Waals surface area contributed by atoms with Gasteiger partial charge in [0.2, 0.25) is 5.91 Å². The summed E-state index contributed by atoms with van der Waals surface area (Å²) in [5.74, 6) is -2.90. The van der Waals surface area contributed by atoms with Crippen LogP contribution in [-0.2, 0) is 4.79 Å². The molecule has 0 spiro atoms. The van der Waals surface area contributed by atoms with Gasteiger partial charge in [-0.3, -0.25) is 4.79 Å². The number of hydrogen-bond donors (Lipinski definition) is 0. The minimum Gasteiger partial charge on any atom is -0.331 e. The maximum absolute atomic E-state index is 12.0. The number of amides is 1. The van der Waals surface area contributed by atoms with Crippen molar-refractivity contribution in [3.63, 3.8) is 0 Å². The fourth-order valence-electron chi connectivity index (χ4n) is 0.735. The first kappa shape index (κ1) is 14.8. The van der Waals surface area contributed by atoms with Crippen molar-refractivity contribution < 1.29 is 13.6 Å². The van der Waals surface area contributed by atoms with Crippen LogP contribution in [0.5, 0.6) is 0 Å². The Morgan fingerprint density at radius 2 is 1.46 bits per heavy atom. The fraction of sp³-hybridized carbons (Fsp3) is 0.889. The van der Waals surface area contributed by atoms with E-state index >= 15 is 0 Å². The van der Waals surface area contributed by atoms with Gasteiger partial charge in [0.05, 0.1) is 13.1 Å². The highest BCUT2D eigenvalue weighted by Gasteiger charge is 2.44. The average Bonchev–Trinajstić information content (AvgIpc) is 2.07. The van der Waals surface area contributed by atoms with Crippen LogP contribution in [0.25, 0.3) is 0 Å². The molecule has 0 unspecified atom stereocenters. The van der Waals surface area contributed by atoms with Crippen LogP contribution >= 0.6 is 0 Å². The van der Waals surface area contributed by atoms with Crippen molar-refractivity contribution in [1.29, 1.82) is 0 Å². The SMILES string of the molecule is CC.CC.CC(=O)N1CC(F)(F)C1. The van der Waals surface area contributed by atoms with E-state index in [0.717, 1.165) is 4.90 Å². The van der Waals surface area contributed by atoms with Crippen molar-refractivity contribution in [2.45, 2.75) is 40.5 Å². The number of halogens is 2. The van der Waals surface area contributed by atoms with E-state index in [1.807, 2.05) is 27.7 Å². The summed E-state index contributed by atoms with van der Waals surface area (Å²) in [6.45, 7) is 8.49. The molecule has 1 aliphatic heterocycles. The molecular formula is C9H19F2NO. The van der Waals surface area contributed by atoms with E-state index in [1.54, 1.807) is 0 Å². The Morgan fingerprint density at radius 1 is 1.15 bits per heavy atom. The highest BCUT2D eigenvalue weighted by Crippen LogP contribution is 2.25. The lowest BCUT2D eigenvalue weighted by atomic mass is 10.1. The maximum atomic E-state index is 12.0. The van der Waals surface area contributed by atoms with Crippen molar-refractivity contribution >= 4 is 5.91 Å². The second-order valence-corrected chi connectivity index (χ2v) is 2.23. The smallest absolute Gasteiger partial charge is 0.282 e. The number of carbonyl (C=O) groups is 1. The molecule has 1 rings (SSSR count). The minimum absolute atomic E-state index is 0.277. The van der Waals surface area contributed by atoms with Gasteiger partial charge in [-0.25, -0.2) is 8.78 Å². The van der Waals surface area contributed by atoms with E-state index in [1.165, 1.54) is 6.92 Å². The van der Waals surface area contributed by atoms with Gasteiger partial charge >= 0.3 is 0 Å². The van der Waals surface area contributed by atoms with Gasteiger partial charge in [-0.2, -0.15) is 0 Å². The van der Waals surface area contributed by atoms with Crippen LogP contribution < -0.4 is 0 Å². The number of nitrogens with zero attached hydrogens (tertiary/aromatic N) is 1. The summed E-state index contributed by atoms with van der Waals surface area (Å²) in [7, 11) is 0. The zero-order valence-electron chi connectivity index (χ0n) is 9.03. The lowest BCUT2D eigenvalue weighted by Gasteiger charge is -2.37. The van der Waals surface area contributed by atoms with Crippen LogP contribution in [0.1, 0.15) is 34.6 Å². The van der Waals surface area contributed by atoms with Gasteiger partial charge in [-0.05, 0) is 0 Å². The van der Waals surface area contributed by atoms with E-state index in [9.17, 15) is 13.6 Å². The van der Waals surface area contributed by atoms with E-state index in [-0.39, 0.29) is 5.91 Å². The normalized spacial score (nSPS) is 17.0. The minimum atomic E-state index is -2.62. The van der Waals surface area contributed by atoms with Gasteiger partial charge < -0.3 is 4.90 Å². The quantitative estimate of drug-likeness (QED) is 0.581. The molecule has 0 bridgehead atoms. The third-order valence-electron chi connectivity index (χ3n) is 1.29. The third-order valence-corrected chi connectivity index (χ3v) is 1.29. The van der Waals surface area contributed by atoms with Crippen molar-refractivity contribution in [3.05, 3.63) is 0 Å². The predicted octanol–water partition coefficient (Wildman–Crippen LogP) is 2.54. The number of carbonyl (C=O) groups excluding carboxylic acids is 1. The van der Waals surface area contributed by atoms with Gasteiger partial charge in [0, 0.05) is 6.92 Å². The molecule has 0 aromatic rings. The number of rotatable bonds is 0. The molecule has 1 aliphatic rings. The zero-order valence-corrected chi connectivity index (χ0v) is 9.03. The maximum Gasteiger partial charge on any atom is 0.282 e. The van der Waals surface area contributed by atoms with Crippen LogP contribution in [0.2, 0.25) is 0 Å². The van der Waals surface area contributed by atoms with Gasteiger partial charge in [-0.15, -0.1) is 0 Å². The lowest BCUT2D eigenvalue weighted by molar-refractivity contribution is -0.163. The highest BCUT2D eigenvalue weighted by molar-refractivity contribution is 5.74. The standard InChI is InChI=1S/C5H7F2NO.2C2H6/c1-4(9)8-2-5(6,7)3-8;2*1-2/h2-3H2,1H3;2*1-2H3. The molecule has 1 saturated heterocycles. The molecule has 0 aromatic carbocycles. The Bertz CT molecular complexity index is 141. The van der Waals surface area contributed by atoms with Crippen LogP contribution in [0.15, 0.2) is 0 Å². The lowest BCUT2D eigenvalue weighted by Crippen LogP contribution is -2.57. The van der Waals surface area contributed by atoms with E-state index < -0.39 is 19.0 Å². The molecule has 2 nitrogen and oxygen atoms in total. The topological polar surface area (TPSA) is 20.3 Å². The first-order valence-electron chi connectivity index (χ1n) is 4.65. The first-order chi connectivity index (χ1) is 6.01. The summed E-state index contributed by atoms with van der Waals surface area (Å²) in [6, 6.07) is 0. The molecule has 4 heteroatoms. The predicted molar refractivity (Wildman–Crippen MR) is 49.9 cm³/mol. The Kier molecular flexibility index (Phi) is 7.76. The first-order valence-corrected chi connectivity index (χ1v) is 4.65. The molecular weight excluding hydrogens is 176 g/mol. The van der Waals surface area contributed by atoms with Crippen molar-refractivity contribution in [1.82, 2.24) is 4.90 Å². The summed E-state index contributed by atoms with van der Waals surface area (Å²) in [4.78, 5) is 11.4. The molecule has 0 N–H and O–H groups in total. The van der Waals surface area contributed by atoms with Crippen molar-refractivity contribution in [3.8, 4) is 0 Å². The Balaban J connectivity index is 0. The van der Waals surface area contributed by atoms with Gasteiger partial charge in [0.25, 0.3) is 5.92 Å². The molecule has 0 saturated carbocycles. The molecule has 1 amide bonds. The second-order valence-electron chi connectivity index (χ2n) is 2.23. The van der Waals surface area contributed by atoms with Crippen LogP contribution in [0.3, 0.4) is 0 Å². The molecule has 1 heterocycles. The summed E-state index contributed by atoms with van der Waals surface area (Å²) >= 11 is 0. The number of likely N-dealkylation sites (tertiary alicyclic amines) is 1.